The molecule has 0 heterocycles. The van der Waals surface area contributed by atoms with Crippen LogP contribution in [0, 0.1) is 0 Å². The maximum Gasteiger partial charge on any atom is 0.00470 e. The molecule has 1 aromatic carbocycles. The fourth-order valence-electron chi connectivity index (χ4n) is 2.56. The predicted molar refractivity (Wildman–Crippen MR) is 81.2 cm³/mol. The van der Waals surface area contributed by atoms with Crippen molar-refractivity contribution in [3.05, 3.63) is 35.4 Å². The van der Waals surface area contributed by atoms with Crippen LogP contribution in [0.2, 0.25) is 0 Å². The molecule has 0 spiro atoms. The summed E-state index contributed by atoms with van der Waals surface area (Å²) in [4.78, 5) is 0. The molecule has 0 aliphatic rings. The first-order valence-electron chi connectivity index (χ1n) is 7.32. The minimum Gasteiger partial charge on any atom is -0.314 e. The Kier molecular flexibility index (Phi) is 5.87. The Hall–Kier alpha value is -0.820. The topological polar surface area (TPSA) is 12.0 Å². The predicted octanol–water partition coefficient (Wildman–Crippen LogP) is 4.30. The summed E-state index contributed by atoms with van der Waals surface area (Å²) >= 11 is 0. The molecule has 1 nitrogen and oxygen atoms in total. The highest BCUT2D eigenvalue weighted by Crippen LogP contribution is 2.29. The summed E-state index contributed by atoms with van der Waals surface area (Å²) in [5.41, 5.74) is 3.15. The lowest BCUT2D eigenvalue weighted by molar-refractivity contribution is 0.389. The first-order chi connectivity index (χ1) is 8.49. The Labute approximate surface area is 113 Å². The van der Waals surface area contributed by atoms with Crippen molar-refractivity contribution in [2.75, 3.05) is 6.54 Å². The van der Waals surface area contributed by atoms with Gasteiger partial charge in [0, 0.05) is 6.04 Å². The lowest BCUT2D eigenvalue weighted by Crippen LogP contribution is -2.33. The van der Waals surface area contributed by atoms with Crippen LogP contribution in [0.1, 0.15) is 58.6 Å². The molecule has 0 aliphatic carbocycles. The van der Waals surface area contributed by atoms with Gasteiger partial charge in [-0.15, -0.1) is 0 Å². The first kappa shape index (κ1) is 15.2. The van der Waals surface area contributed by atoms with E-state index in [4.69, 9.17) is 0 Å². The van der Waals surface area contributed by atoms with Gasteiger partial charge in [-0.2, -0.15) is 0 Å². The van der Waals surface area contributed by atoms with E-state index in [-0.39, 0.29) is 5.41 Å². The summed E-state index contributed by atoms with van der Waals surface area (Å²) < 4.78 is 0. The zero-order valence-corrected chi connectivity index (χ0v) is 12.7. The van der Waals surface area contributed by atoms with Crippen molar-refractivity contribution in [3.8, 4) is 0 Å². The normalized spacial score (nSPS) is 13.6. The van der Waals surface area contributed by atoms with Gasteiger partial charge in [-0.05, 0) is 49.3 Å². The van der Waals surface area contributed by atoms with Crippen LogP contribution in [0.15, 0.2) is 24.3 Å². The van der Waals surface area contributed by atoms with Gasteiger partial charge in [0.2, 0.25) is 0 Å². The molecule has 0 saturated heterocycles. The van der Waals surface area contributed by atoms with E-state index in [1.165, 1.54) is 24.0 Å². The molecule has 1 atom stereocenters. The van der Waals surface area contributed by atoms with Crippen LogP contribution in [-0.4, -0.2) is 12.6 Å². The second kappa shape index (κ2) is 6.94. The van der Waals surface area contributed by atoms with E-state index in [1.54, 1.807) is 0 Å². The SMILES string of the molecule is CCCNC(C)CC(C)(C)c1cccc(CC)c1. The van der Waals surface area contributed by atoms with Gasteiger partial charge in [0.05, 0.1) is 0 Å². The Balaban J connectivity index is 2.71. The number of benzene rings is 1. The molecule has 0 amide bonds. The molecule has 0 aromatic heterocycles. The van der Waals surface area contributed by atoms with Crippen LogP contribution in [-0.2, 0) is 11.8 Å². The average Bonchev–Trinajstić information content (AvgIpc) is 2.36. The van der Waals surface area contributed by atoms with Gasteiger partial charge < -0.3 is 5.32 Å². The van der Waals surface area contributed by atoms with Crippen molar-refractivity contribution >= 4 is 0 Å². The minimum atomic E-state index is 0.241. The number of hydrogen-bond donors (Lipinski definition) is 1. The van der Waals surface area contributed by atoms with Crippen molar-refractivity contribution in [2.45, 2.75) is 65.3 Å². The Morgan fingerprint density at radius 3 is 2.56 bits per heavy atom. The molecule has 0 bridgehead atoms. The monoisotopic (exact) mass is 247 g/mol. The van der Waals surface area contributed by atoms with E-state index in [0.29, 0.717) is 6.04 Å². The molecule has 0 fully saturated rings. The van der Waals surface area contributed by atoms with Gasteiger partial charge in [-0.1, -0.05) is 52.0 Å². The molecular weight excluding hydrogens is 218 g/mol. The summed E-state index contributed by atoms with van der Waals surface area (Å²) in [6.45, 7) is 12.6. The van der Waals surface area contributed by atoms with Gasteiger partial charge in [0.15, 0.2) is 0 Å². The lowest BCUT2D eigenvalue weighted by atomic mass is 9.78. The molecule has 1 aromatic rings. The molecular formula is C17H29N. The molecule has 0 radical (unpaired) electrons. The molecule has 18 heavy (non-hydrogen) atoms. The van der Waals surface area contributed by atoms with E-state index >= 15 is 0 Å². The highest BCUT2D eigenvalue weighted by molar-refractivity contribution is 5.29. The number of hydrogen-bond acceptors (Lipinski definition) is 1. The number of rotatable bonds is 7. The van der Waals surface area contributed by atoms with Crippen LogP contribution in [0.25, 0.3) is 0 Å². The molecule has 1 heteroatoms. The van der Waals surface area contributed by atoms with Gasteiger partial charge in [0.1, 0.15) is 0 Å². The third-order valence-corrected chi connectivity index (χ3v) is 3.68. The zero-order chi connectivity index (χ0) is 13.6. The summed E-state index contributed by atoms with van der Waals surface area (Å²) in [6.07, 6.45) is 3.50. The summed E-state index contributed by atoms with van der Waals surface area (Å²) in [6, 6.07) is 9.63. The maximum absolute atomic E-state index is 3.59. The molecule has 102 valence electrons. The minimum absolute atomic E-state index is 0.241. The smallest absolute Gasteiger partial charge is 0.00470 e. The van der Waals surface area contributed by atoms with Gasteiger partial charge in [-0.25, -0.2) is 0 Å². The van der Waals surface area contributed by atoms with E-state index in [0.717, 1.165) is 13.0 Å². The van der Waals surface area contributed by atoms with E-state index in [2.05, 4.69) is 64.2 Å². The second-order valence-corrected chi connectivity index (χ2v) is 6.00. The fourth-order valence-corrected chi connectivity index (χ4v) is 2.56. The van der Waals surface area contributed by atoms with E-state index in [1.807, 2.05) is 0 Å². The Morgan fingerprint density at radius 2 is 1.94 bits per heavy atom. The van der Waals surface area contributed by atoms with Gasteiger partial charge >= 0.3 is 0 Å². The first-order valence-corrected chi connectivity index (χ1v) is 7.32. The summed E-state index contributed by atoms with van der Waals surface area (Å²) in [5.74, 6) is 0. The van der Waals surface area contributed by atoms with Crippen molar-refractivity contribution < 1.29 is 0 Å². The molecule has 1 unspecified atom stereocenters. The summed E-state index contributed by atoms with van der Waals surface area (Å²) in [7, 11) is 0. The van der Waals surface area contributed by atoms with Crippen LogP contribution >= 0.6 is 0 Å². The third kappa shape index (κ3) is 4.45. The van der Waals surface area contributed by atoms with Crippen molar-refractivity contribution in [1.29, 1.82) is 0 Å². The summed E-state index contributed by atoms with van der Waals surface area (Å²) in [5, 5.41) is 3.59. The molecule has 0 saturated carbocycles. The number of nitrogens with one attached hydrogen (secondary N) is 1. The largest absolute Gasteiger partial charge is 0.314 e. The number of aryl methyl sites for hydroxylation is 1. The maximum atomic E-state index is 3.59. The quantitative estimate of drug-likeness (QED) is 0.757. The fraction of sp³-hybridized carbons (Fsp3) is 0.647. The lowest BCUT2D eigenvalue weighted by Gasteiger charge is -2.29. The van der Waals surface area contributed by atoms with Gasteiger partial charge in [0.25, 0.3) is 0 Å². The highest BCUT2D eigenvalue weighted by Gasteiger charge is 2.23. The van der Waals surface area contributed by atoms with Gasteiger partial charge in [-0.3, -0.25) is 0 Å². The van der Waals surface area contributed by atoms with E-state index < -0.39 is 0 Å². The van der Waals surface area contributed by atoms with Crippen LogP contribution in [0.3, 0.4) is 0 Å². The standard InChI is InChI=1S/C17H29N/c1-6-11-18-14(3)13-17(4,5)16-10-8-9-15(7-2)12-16/h8-10,12,14,18H,6-7,11,13H2,1-5H3. The van der Waals surface area contributed by atoms with Crippen molar-refractivity contribution in [3.63, 3.8) is 0 Å². The van der Waals surface area contributed by atoms with Crippen molar-refractivity contribution in [2.24, 2.45) is 0 Å². The Bertz CT molecular complexity index is 354. The van der Waals surface area contributed by atoms with Crippen LogP contribution in [0.4, 0.5) is 0 Å². The zero-order valence-electron chi connectivity index (χ0n) is 12.7. The molecule has 0 aliphatic heterocycles. The highest BCUT2D eigenvalue weighted by atomic mass is 14.9. The van der Waals surface area contributed by atoms with E-state index in [9.17, 15) is 0 Å². The van der Waals surface area contributed by atoms with Crippen LogP contribution < -0.4 is 5.32 Å². The third-order valence-electron chi connectivity index (χ3n) is 3.68. The Morgan fingerprint density at radius 1 is 1.22 bits per heavy atom. The molecule has 1 rings (SSSR count). The average molecular weight is 247 g/mol. The van der Waals surface area contributed by atoms with Crippen molar-refractivity contribution in [1.82, 2.24) is 5.32 Å². The second-order valence-electron chi connectivity index (χ2n) is 6.00. The molecule has 1 N–H and O–H groups in total. The van der Waals surface area contributed by atoms with Crippen LogP contribution in [0.5, 0.6) is 0 Å².